The fourth-order valence-corrected chi connectivity index (χ4v) is 4.67. The van der Waals surface area contributed by atoms with Crippen molar-refractivity contribution in [2.24, 2.45) is 5.92 Å². The third-order valence-electron chi connectivity index (χ3n) is 3.36. The minimum atomic E-state index is -3.50. The van der Waals surface area contributed by atoms with Crippen molar-refractivity contribution >= 4 is 49.2 Å². The molecule has 0 N–H and O–H groups in total. The minimum absolute atomic E-state index is 0.179. The van der Waals surface area contributed by atoms with Gasteiger partial charge in [-0.3, -0.25) is 0 Å². The van der Waals surface area contributed by atoms with E-state index in [4.69, 9.17) is 23.2 Å². The summed E-state index contributed by atoms with van der Waals surface area (Å²) in [6.45, 7) is 3.12. The molecule has 0 aliphatic carbocycles. The molecule has 1 saturated heterocycles. The molecule has 0 aromatic heterocycles. The van der Waals surface area contributed by atoms with Gasteiger partial charge >= 0.3 is 0 Å². The topological polar surface area (TPSA) is 37.4 Å². The predicted molar refractivity (Wildman–Crippen MR) is 81.7 cm³/mol. The molecule has 1 heterocycles. The van der Waals surface area contributed by atoms with E-state index in [-0.39, 0.29) is 14.7 Å². The second-order valence-corrected chi connectivity index (χ2v) is 8.65. The van der Waals surface area contributed by atoms with E-state index < -0.39 is 10.0 Å². The van der Waals surface area contributed by atoms with Crippen LogP contribution in [0, 0.1) is 5.92 Å². The van der Waals surface area contributed by atoms with E-state index >= 15 is 0 Å². The van der Waals surface area contributed by atoms with E-state index in [1.54, 1.807) is 0 Å². The van der Waals surface area contributed by atoms with Crippen LogP contribution in [0.3, 0.4) is 0 Å². The number of halogens is 3. The van der Waals surface area contributed by atoms with Gasteiger partial charge in [0.15, 0.2) is 0 Å². The van der Waals surface area contributed by atoms with Crippen LogP contribution >= 0.6 is 39.1 Å². The highest BCUT2D eigenvalue weighted by atomic mass is 79.9. The summed E-state index contributed by atoms with van der Waals surface area (Å²) in [5.41, 5.74) is 0. The molecule has 2 atom stereocenters. The number of sulfonamides is 1. The van der Waals surface area contributed by atoms with Gasteiger partial charge in [0.1, 0.15) is 0 Å². The third kappa shape index (κ3) is 3.27. The molecule has 2 unspecified atom stereocenters. The molecule has 1 aromatic carbocycles. The van der Waals surface area contributed by atoms with Gasteiger partial charge in [-0.15, -0.1) is 0 Å². The Labute approximate surface area is 132 Å². The van der Waals surface area contributed by atoms with Crippen LogP contribution in [0.4, 0.5) is 0 Å². The van der Waals surface area contributed by atoms with Crippen molar-refractivity contribution < 1.29 is 8.42 Å². The van der Waals surface area contributed by atoms with Crippen LogP contribution in [-0.2, 0) is 10.0 Å². The first kappa shape index (κ1) is 15.6. The maximum absolute atomic E-state index is 12.5. The molecule has 1 fully saturated rings. The van der Waals surface area contributed by atoms with Crippen LogP contribution in [0.1, 0.15) is 13.3 Å². The molecule has 3 nitrogen and oxygen atoms in total. The SMILES string of the molecule is CC1CCN(S(=O)(=O)c2ccc(Cl)c(Cl)c2)CC1Br. The Bertz CT molecular complexity index is 579. The molecule has 106 valence electrons. The van der Waals surface area contributed by atoms with Crippen LogP contribution in [-0.4, -0.2) is 30.6 Å². The maximum Gasteiger partial charge on any atom is 0.243 e. The number of nitrogens with zero attached hydrogens (tertiary/aromatic N) is 1. The van der Waals surface area contributed by atoms with Crippen LogP contribution in [0.5, 0.6) is 0 Å². The molecular weight excluding hydrogens is 373 g/mol. The molecule has 7 heteroatoms. The van der Waals surface area contributed by atoms with E-state index in [2.05, 4.69) is 22.9 Å². The van der Waals surface area contributed by atoms with E-state index in [0.717, 1.165) is 6.42 Å². The largest absolute Gasteiger partial charge is 0.243 e. The Hall–Kier alpha value is 0.190. The monoisotopic (exact) mass is 385 g/mol. The Morgan fingerprint density at radius 2 is 2.00 bits per heavy atom. The van der Waals surface area contributed by atoms with Crippen LogP contribution in [0.25, 0.3) is 0 Å². The average molecular weight is 387 g/mol. The molecule has 2 rings (SSSR count). The van der Waals surface area contributed by atoms with Gasteiger partial charge < -0.3 is 0 Å². The van der Waals surface area contributed by atoms with Gasteiger partial charge in [0, 0.05) is 17.9 Å². The minimum Gasteiger partial charge on any atom is -0.207 e. The van der Waals surface area contributed by atoms with Gasteiger partial charge in [0.05, 0.1) is 14.9 Å². The summed E-state index contributed by atoms with van der Waals surface area (Å²) in [6, 6.07) is 4.40. The van der Waals surface area contributed by atoms with E-state index in [0.29, 0.717) is 24.0 Å². The van der Waals surface area contributed by atoms with Crippen molar-refractivity contribution in [1.29, 1.82) is 0 Å². The number of piperidine rings is 1. The molecule has 0 radical (unpaired) electrons. The molecule has 1 aromatic rings. The standard InChI is InChI=1S/C12H14BrCl2NO2S/c1-8-4-5-16(7-10(8)13)19(17,18)9-2-3-11(14)12(15)6-9/h2-3,6,8,10H,4-5,7H2,1H3. The number of hydrogen-bond acceptors (Lipinski definition) is 2. The lowest BCUT2D eigenvalue weighted by molar-refractivity contribution is 0.300. The summed E-state index contributed by atoms with van der Waals surface area (Å²) in [7, 11) is -3.50. The highest BCUT2D eigenvalue weighted by Crippen LogP contribution is 2.30. The molecular formula is C12H14BrCl2NO2S. The zero-order valence-corrected chi connectivity index (χ0v) is 14.2. The normalized spacial score (nSPS) is 25.5. The lowest BCUT2D eigenvalue weighted by Gasteiger charge is -2.33. The summed E-state index contributed by atoms with van der Waals surface area (Å²) < 4.78 is 26.5. The second-order valence-electron chi connectivity index (χ2n) is 4.72. The van der Waals surface area contributed by atoms with Crippen molar-refractivity contribution in [3.05, 3.63) is 28.2 Å². The summed E-state index contributed by atoms with van der Waals surface area (Å²) in [5, 5.41) is 0.606. The van der Waals surface area contributed by atoms with Gasteiger partial charge in [-0.1, -0.05) is 46.1 Å². The van der Waals surface area contributed by atoms with Crippen LogP contribution < -0.4 is 0 Å². The first-order valence-electron chi connectivity index (χ1n) is 5.91. The first-order valence-corrected chi connectivity index (χ1v) is 9.03. The Kier molecular flexibility index (Phi) is 4.83. The first-order chi connectivity index (χ1) is 8.82. The average Bonchev–Trinajstić information content (AvgIpc) is 2.35. The lowest BCUT2D eigenvalue weighted by atomic mass is 10.0. The number of alkyl halides is 1. The fraction of sp³-hybridized carbons (Fsp3) is 0.500. The Morgan fingerprint density at radius 3 is 2.58 bits per heavy atom. The molecule has 0 saturated carbocycles. The summed E-state index contributed by atoms with van der Waals surface area (Å²) in [5.74, 6) is 0.472. The van der Waals surface area contributed by atoms with Gasteiger partial charge in [0.2, 0.25) is 10.0 Å². The van der Waals surface area contributed by atoms with Crippen LogP contribution in [0.2, 0.25) is 10.0 Å². The van der Waals surface area contributed by atoms with Crippen molar-refractivity contribution in [3.63, 3.8) is 0 Å². The fourth-order valence-electron chi connectivity index (χ4n) is 2.00. The highest BCUT2D eigenvalue weighted by Gasteiger charge is 2.32. The molecule has 1 aliphatic heterocycles. The quantitative estimate of drug-likeness (QED) is 0.725. The summed E-state index contributed by atoms with van der Waals surface area (Å²) >= 11 is 15.2. The van der Waals surface area contributed by atoms with Crippen molar-refractivity contribution in [1.82, 2.24) is 4.31 Å². The van der Waals surface area contributed by atoms with E-state index in [1.807, 2.05) is 0 Å². The molecule has 0 spiro atoms. The third-order valence-corrected chi connectivity index (χ3v) is 7.15. The second kappa shape index (κ2) is 5.90. The summed E-state index contributed by atoms with van der Waals surface area (Å²) in [4.78, 5) is 0.370. The molecule has 0 bridgehead atoms. The zero-order chi connectivity index (χ0) is 14.2. The molecule has 19 heavy (non-hydrogen) atoms. The van der Waals surface area contributed by atoms with Gasteiger partial charge in [0.25, 0.3) is 0 Å². The molecule has 0 amide bonds. The maximum atomic E-state index is 12.5. The van der Waals surface area contributed by atoms with E-state index in [1.165, 1.54) is 22.5 Å². The number of hydrogen-bond donors (Lipinski definition) is 0. The Balaban J connectivity index is 2.29. The Morgan fingerprint density at radius 1 is 1.32 bits per heavy atom. The number of rotatable bonds is 2. The number of benzene rings is 1. The lowest BCUT2D eigenvalue weighted by Crippen LogP contribution is -2.43. The highest BCUT2D eigenvalue weighted by molar-refractivity contribution is 9.09. The van der Waals surface area contributed by atoms with Gasteiger partial charge in [-0.25, -0.2) is 8.42 Å². The zero-order valence-electron chi connectivity index (χ0n) is 10.3. The van der Waals surface area contributed by atoms with Crippen molar-refractivity contribution in [2.45, 2.75) is 23.1 Å². The van der Waals surface area contributed by atoms with Gasteiger partial charge in [-0.05, 0) is 30.5 Å². The van der Waals surface area contributed by atoms with Crippen molar-refractivity contribution in [2.75, 3.05) is 13.1 Å². The van der Waals surface area contributed by atoms with Crippen LogP contribution in [0.15, 0.2) is 23.1 Å². The van der Waals surface area contributed by atoms with E-state index in [9.17, 15) is 8.42 Å². The smallest absolute Gasteiger partial charge is 0.207 e. The van der Waals surface area contributed by atoms with Gasteiger partial charge in [-0.2, -0.15) is 4.31 Å². The summed E-state index contributed by atoms with van der Waals surface area (Å²) in [6.07, 6.45) is 0.844. The predicted octanol–water partition coefficient (Wildman–Crippen LogP) is 3.79. The van der Waals surface area contributed by atoms with Crippen molar-refractivity contribution in [3.8, 4) is 0 Å². The molecule has 1 aliphatic rings.